The number of aryl methyl sites for hydroxylation is 1. The molecule has 0 radical (unpaired) electrons. The lowest BCUT2D eigenvalue weighted by Crippen LogP contribution is -1.74. The highest BCUT2D eigenvalue weighted by atomic mass is 32.1. The van der Waals surface area contributed by atoms with Crippen LogP contribution in [0.15, 0.2) is 10.5 Å². The van der Waals surface area contributed by atoms with Gasteiger partial charge in [-0.05, 0) is 17.1 Å². The van der Waals surface area contributed by atoms with E-state index in [1.807, 2.05) is 12.3 Å². The lowest BCUT2D eigenvalue weighted by molar-refractivity contribution is 1.06. The molecule has 0 atom stereocenters. The highest BCUT2D eigenvalue weighted by Gasteiger charge is 1.94. The monoisotopic (exact) mass is 154 g/mol. The number of aromatic nitrogens is 1. The maximum Gasteiger partial charge on any atom is 0.180 e. The summed E-state index contributed by atoms with van der Waals surface area (Å²) in [5, 5.41) is 5.76. The van der Waals surface area contributed by atoms with Crippen molar-refractivity contribution in [2.45, 2.75) is 13.3 Å². The SMILES string of the molecule is CCc1csc(N=[N+]=[N-])n1. The molecule has 0 fully saturated rings. The molecule has 0 aliphatic rings. The summed E-state index contributed by atoms with van der Waals surface area (Å²) in [4.78, 5) is 6.64. The van der Waals surface area contributed by atoms with Crippen molar-refractivity contribution >= 4 is 16.5 Å². The molecule has 10 heavy (non-hydrogen) atoms. The average Bonchev–Trinajstić information content (AvgIpc) is 2.37. The van der Waals surface area contributed by atoms with Crippen molar-refractivity contribution in [2.24, 2.45) is 5.11 Å². The molecule has 0 bridgehead atoms. The van der Waals surface area contributed by atoms with Crippen LogP contribution in [0.3, 0.4) is 0 Å². The van der Waals surface area contributed by atoms with Crippen LogP contribution < -0.4 is 0 Å². The van der Waals surface area contributed by atoms with E-state index in [0.717, 1.165) is 12.1 Å². The minimum absolute atomic E-state index is 0.499. The zero-order valence-corrected chi connectivity index (χ0v) is 6.30. The van der Waals surface area contributed by atoms with Crippen LogP contribution in [0.1, 0.15) is 12.6 Å². The molecule has 0 aliphatic carbocycles. The number of thiazole rings is 1. The van der Waals surface area contributed by atoms with E-state index in [0.29, 0.717) is 5.13 Å². The van der Waals surface area contributed by atoms with Gasteiger partial charge in [-0.3, -0.25) is 0 Å². The largest absolute Gasteiger partial charge is 0.240 e. The summed E-state index contributed by atoms with van der Waals surface area (Å²) in [6, 6.07) is 0. The molecule has 0 unspecified atom stereocenters. The summed E-state index contributed by atoms with van der Waals surface area (Å²) in [5.41, 5.74) is 9.01. The number of hydrogen-bond donors (Lipinski definition) is 0. The average molecular weight is 154 g/mol. The minimum atomic E-state index is 0.499. The first kappa shape index (κ1) is 7.05. The second-order valence-corrected chi connectivity index (χ2v) is 2.50. The zero-order valence-electron chi connectivity index (χ0n) is 5.48. The Labute approximate surface area is 62.2 Å². The van der Waals surface area contributed by atoms with Crippen molar-refractivity contribution in [2.75, 3.05) is 0 Å². The van der Waals surface area contributed by atoms with Gasteiger partial charge in [-0.1, -0.05) is 6.92 Å². The fourth-order valence-corrected chi connectivity index (χ4v) is 1.26. The topological polar surface area (TPSA) is 61.7 Å². The minimum Gasteiger partial charge on any atom is -0.240 e. The van der Waals surface area contributed by atoms with E-state index in [9.17, 15) is 0 Å². The number of azide groups is 1. The molecule has 1 rings (SSSR count). The van der Waals surface area contributed by atoms with E-state index in [1.54, 1.807) is 0 Å². The van der Waals surface area contributed by atoms with Crippen LogP contribution in [-0.2, 0) is 6.42 Å². The van der Waals surface area contributed by atoms with Crippen molar-refractivity contribution in [1.82, 2.24) is 4.98 Å². The van der Waals surface area contributed by atoms with Gasteiger partial charge < -0.3 is 0 Å². The maximum absolute atomic E-state index is 8.03. The summed E-state index contributed by atoms with van der Waals surface area (Å²) in [5.74, 6) is 0. The molecule has 0 N–H and O–H groups in total. The fourth-order valence-electron chi connectivity index (χ4n) is 0.543. The van der Waals surface area contributed by atoms with Gasteiger partial charge in [0, 0.05) is 10.3 Å². The lowest BCUT2D eigenvalue weighted by Gasteiger charge is -1.79. The number of rotatable bonds is 2. The normalized spacial score (nSPS) is 8.90. The van der Waals surface area contributed by atoms with Crippen molar-refractivity contribution in [3.63, 3.8) is 0 Å². The summed E-state index contributed by atoms with van der Waals surface area (Å²) < 4.78 is 0. The van der Waals surface area contributed by atoms with Gasteiger partial charge in [-0.15, -0.1) is 11.3 Å². The van der Waals surface area contributed by atoms with Crippen LogP contribution in [0, 0.1) is 0 Å². The number of nitrogens with zero attached hydrogens (tertiary/aromatic N) is 4. The molecule has 5 heteroatoms. The van der Waals surface area contributed by atoms with Gasteiger partial charge in [0.15, 0.2) is 5.13 Å². The van der Waals surface area contributed by atoms with Crippen molar-refractivity contribution in [1.29, 1.82) is 0 Å². The first-order chi connectivity index (χ1) is 4.86. The van der Waals surface area contributed by atoms with E-state index < -0.39 is 0 Å². The Morgan fingerprint density at radius 1 is 1.90 bits per heavy atom. The molecule has 0 amide bonds. The molecule has 52 valence electrons. The van der Waals surface area contributed by atoms with Crippen LogP contribution in [0.2, 0.25) is 0 Å². The number of hydrogen-bond acceptors (Lipinski definition) is 3. The Morgan fingerprint density at radius 2 is 2.70 bits per heavy atom. The first-order valence-corrected chi connectivity index (χ1v) is 3.74. The van der Waals surface area contributed by atoms with E-state index in [2.05, 4.69) is 15.0 Å². The Bertz CT molecular complexity index is 260. The van der Waals surface area contributed by atoms with Crippen molar-refractivity contribution in [3.05, 3.63) is 21.5 Å². The first-order valence-electron chi connectivity index (χ1n) is 2.86. The van der Waals surface area contributed by atoms with Gasteiger partial charge in [-0.2, -0.15) is 0 Å². The highest BCUT2D eigenvalue weighted by molar-refractivity contribution is 7.13. The summed E-state index contributed by atoms with van der Waals surface area (Å²) >= 11 is 1.37. The highest BCUT2D eigenvalue weighted by Crippen LogP contribution is 2.18. The van der Waals surface area contributed by atoms with Crippen LogP contribution >= 0.6 is 11.3 Å². The molecule has 0 aliphatic heterocycles. The van der Waals surface area contributed by atoms with Crippen molar-refractivity contribution in [3.8, 4) is 0 Å². The molecule has 0 saturated heterocycles. The Kier molecular flexibility index (Phi) is 2.25. The maximum atomic E-state index is 8.03. The van der Waals surface area contributed by atoms with Crippen LogP contribution in [0.25, 0.3) is 10.4 Å². The fraction of sp³-hybridized carbons (Fsp3) is 0.400. The van der Waals surface area contributed by atoms with Crippen LogP contribution in [0.5, 0.6) is 0 Å². The molecule has 1 aromatic rings. The van der Waals surface area contributed by atoms with E-state index >= 15 is 0 Å². The Balaban J connectivity index is 2.87. The van der Waals surface area contributed by atoms with Gasteiger partial charge >= 0.3 is 0 Å². The molecule has 4 nitrogen and oxygen atoms in total. The van der Waals surface area contributed by atoms with Crippen molar-refractivity contribution < 1.29 is 0 Å². The zero-order chi connectivity index (χ0) is 7.40. The third-order valence-corrected chi connectivity index (χ3v) is 1.81. The molecule has 0 spiro atoms. The summed E-state index contributed by atoms with van der Waals surface area (Å²) in [7, 11) is 0. The molecule has 0 aromatic carbocycles. The molecular formula is C5H6N4S. The quantitative estimate of drug-likeness (QED) is 0.367. The third-order valence-electron chi connectivity index (χ3n) is 1.03. The van der Waals surface area contributed by atoms with Crippen LogP contribution in [-0.4, -0.2) is 4.98 Å². The molecule has 1 heterocycles. The van der Waals surface area contributed by atoms with Gasteiger partial charge in [0.25, 0.3) is 0 Å². The molecule has 0 saturated carbocycles. The van der Waals surface area contributed by atoms with Gasteiger partial charge in [0.2, 0.25) is 0 Å². The second-order valence-electron chi connectivity index (χ2n) is 1.66. The second kappa shape index (κ2) is 3.20. The summed E-state index contributed by atoms with van der Waals surface area (Å²) in [6.45, 7) is 2.01. The standard InChI is InChI=1S/C5H6N4S/c1-2-4-3-10-5(7-4)8-9-6/h3H,2H2,1H3. The van der Waals surface area contributed by atoms with E-state index in [4.69, 9.17) is 5.53 Å². The predicted octanol–water partition coefficient (Wildman–Crippen LogP) is 2.65. The molecule has 1 aromatic heterocycles. The smallest absolute Gasteiger partial charge is 0.180 e. The van der Waals surface area contributed by atoms with Gasteiger partial charge in [0.1, 0.15) is 0 Å². The van der Waals surface area contributed by atoms with E-state index in [1.165, 1.54) is 11.3 Å². The van der Waals surface area contributed by atoms with E-state index in [-0.39, 0.29) is 0 Å². The molecular weight excluding hydrogens is 148 g/mol. The predicted molar refractivity (Wildman–Crippen MR) is 40.3 cm³/mol. The summed E-state index contributed by atoms with van der Waals surface area (Å²) in [6.07, 6.45) is 0.886. The lowest BCUT2D eigenvalue weighted by atomic mass is 10.4. The van der Waals surface area contributed by atoms with Crippen LogP contribution in [0.4, 0.5) is 5.13 Å². The third kappa shape index (κ3) is 1.46. The Morgan fingerprint density at radius 3 is 3.20 bits per heavy atom. The Hall–Kier alpha value is -1.06. The van der Waals surface area contributed by atoms with Gasteiger partial charge in [0.05, 0.1) is 5.69 Å². The van der Waals surface area contributed by atoms with Gasteiger partial charge in [-0.25, -0.2) is 4.98 Å².